The molecule has 2 aromatic carbocycles. The quantitative estimate of drug-likeness (QED) is 0.741. The molecule has 1 aliphatic rings. The van der Waals surface area contributed by atoms with Gasteiger partial charge in [-0.05, 0) is 30.5 Å². The van der Waals surface area contributed by atoms with Crippen LogP contribution >= 0.6 is 0 Å². The molecule has 0 unspecified atom stereocenters. The molecule has 0 saturated carbocycles. The Balaban J connectivity index is 1.53. The minimum atomic E-state index is 0.0878. The maximum Gasteiger partial charge on any atom is 0.248 e. The Morgan fingerprint density at radius 1 is 1.00 bits per heavy atom. The van der Waals surface area contributed by atoms with Crippen LogP contribution in [0.4, 0.5) is 5.69 Å². The van der Waals surface area contributed by atoms with Gasteiger partial charge in [-0.2, -0.15) is 5.10 Å². The maximum absolute atomic E-state index is 12.7. The summed E-state index contributed by atoms with van der Waals surface area (Å²) in [5.41, 5.74) is 4.25. The zero-order chi connectivity index (χ0) is 16.4. The van der Waals surface area contributed by atoms with Crippen molar-refractivity contribution in [2.24, 2.45) is 0 Å². The normalized spacial score (nSPS) is 13.6. The minimum Gasteiger partial charge on any atom is -0.311 e. The number of carbonyl (C=O) groups is 1. The maximum atomic E-state index is 12.7. The van der Waals surface area contributed by atoms with Crippen molar-refractivity contribution in [3.05, 3.63) is 72.4 Å². The van der Waals surface area contributed by atoms with Crippen molar-refractivity contribution < 1.29 is 4.79 Å². The summed E-state index contributed by atoms with van der Waals surface area (Å²) in [7, 11) is 0. The second-order valence-corrected chi connectivity index (χ2v) is 6.04. The van der Waals surface area contributed by atoms with Crippen LogP contribution in [-0.2, 0) is 17.8 Å². The lowest BCUT2D eigenvalue weighted by atomic mass is 10.0. The molecule has 3 aromatic rings. The first kappa shape index (κ1) is 14.7. The van der Waals surface area contributed by atoms with E-state index in [4.69, 9.17) is 0 Å². The number of aromatic nitrogens is 2. The van der Waals surface area contributed by atoms with E-state index in [9.17, 15) is 4.79 Å². The highest BCUT2D eigenvalue weighted by Gasteiger charge is 2.22. The first-order valence-corrected chi connectivity index (χ1v) is 8.28. The molecular formula is C20H19N3O. The molecule has 1 amide bonds. The molecule has 0 bridgehead atoms. The largest absolute Gasteiger partial charge is 0.311 e. The SMILES string of the molecule is O=C(Cn1ccc(-c2ccccc2)n1)N1CCCc2ccccc21. The van der Waals surface area contributed by atoms with E-state index in [0.717, 1.165) is 36.3 Å². The summed E-state index contributed by atoms with van der Waals surface area (Å²) >= 11 is 0. The van der Waals surface area contributed by atoms with Crippen LogP contribution in [0, 0.1) is 0 Å². The van der Waals surface area contributed by atoms with Crippen molar-refractivity contribution in [3.8, 4) is 11.3 Å². The van der Waals surface area contributed by atoms with Crippen LogP contribution in [0.5, 0.6) is 0 Å². The molecule has 0 atom stereocenters. The summed E-state index contributed by atoms with van der Waals surface area (Å²) in [4.78, 5) is 14.6. The molecule has 0 radical (unpaired) electrons. The number of aryl methyl sites for hydroxylation is 1. The third-order valence-corrected chi connectivity index (χ3v) is 4.42. The molecule has 0 N–H and O–H groups in total. The third-order valence-electron chi connectivity index (χ3n) is 4.42. The molecule has 0 fully saturated rings. The predicted molar refractivity (Wildman–Crippen MR) is 94.8 cm³/mol. The van der Waals surface area contributed by atoms with E-state index < -0.39 is 0 Å². The van der Waals surface area contributed by atoms with E-state index in [0.29, 0.717) is 0 Å². The predicted octanol–water partition coefficient (Wildman–Crippen LogP) is 3.53. The summed E-state index contributed by atoms with van der Waals surface area (Å²) in [5, 5.41) is 4.54. The van der Waals surface area contributed by atoms with Gasteiger partial charge in [-0.15, -0.1) is 0 Å². The van der Waals surface area contributed by atoms with Crippen LogP contribution in [0.1, 0.15) is 12.0 Å². The fourth-order valence-electron chi connectivity index (χ4n) is 3.23. The second-order valence-electron chi connectivity index (χ2n) is 6.04. The molecule has 120 valence electrons. The van der Waals surface area contributed by atoms with Gasteiger partial charge in [-0.3, -0.25) is 9.48 Å². The lowest BCUT2D eigenvalue weighted by Gasteiger charge is -2.29. The van der Waals surface area contributed by atoms with E-state index >= 15 is 0 Å². The fraction of sp³-hybridized carbons (Fsp3) is 0.200. The van der Waals surface area contributed by atoms with Crippen LogP contribution in [0.3, 0.4) is 0 Å². The Hall–Kier alpha value is -2.88. The van der Waals surface area contributed by atoms with Gasteiger partial charge in [0.05, 0.1) is 5.69 Å². The zero-order valence-electron chi connectivity index (χ0n) is 13.4. The lowest BCUT2D eigenvalue weighted by molar-refractivity contribution is -0.119. The summed E-state index contributed by atoms with van der Waals surface area (Å²) in [5.74, 6) is 0.0878. The summed E-state index contributed by atoms with van der Waals surface area (Å²) < 4.78 is 1.72. The average Bonchev–Trinajstić information content (AvgIpc) is 3.10. The van der Waals surface area contributed by atoms with Crippen LogP contribution in [0.2, 0.25) is 0 Å². The van der Waals surface area contributed by atoms with Gasteiger partial charge in [0.25, 0.3) is 0 Å². The first-order chi connectivity index (χ1) is 11.8. The van der Waals surface area contributed by atoms with E-state index in [1.54, 1.807) is 4.68 Å². The smallest absolute Gasteiger partial charge is 0.248 e. The van der Waals surface area contributed by atoms with Gasteiger partial charge in [0, 0.05) is 24.0 Å². The molecule has 0 saturated heterocycles. The van der Waals surface area contributed by atoms with Gasteiger partial charge in [0.15, 0.2) is 0 Å². The second kappa shape index (κ2) is 6.32. The number of anilines is 1. The van der Waals surface area contributed by atoms with Gasteiger partial charge in [0.1, 0.15) is 6.54 Å². The Kier molecular flexibility index (Phi) is 3.87. The third kappa shape index (κ3) is 2.83. The van der Waals surface area contributed by atoms with Gasteiger partial charge in [-0.1, -0.05) is 48.5 Å². The number of rotatable bonds is 3. The Bertz CT molecular complexity index is 854. The number of para-hydroxylation sites is 1. The molecule has 24 heavy (non-hydrogen) atoms. The Morgan fingerprint density at radius 2 is 1.79 bits per heavy atom. The highest BCUT2D eigenvalue weighted by molar-refractivity contribution is 5.94. The molecule has 0 spiro atoms. The van der Waals surface area contributed by atoms with Gasteiger partial charge < -0.3 is 4.90 Å². The number of carbonyl (C=O) groups excluding carboxylic acids is 1. The monoisotopic (exact) mass is 317 g/mol. The van der Waals surface area contributed by atoms with Crippen LogP contribution in [0.15, 0.2) is 66.9 Å². The van der Waals surface area contributed by atoms with Gasteiger partial charge in [0.2, 0.25) is 5.91 Å². The number of nitrogens with zero attached hydrogens (tertiary/aromatic N) is 3. The Morgan fingerprint density at radius 3 is 2.67 bits per heavy atom. The number of fused-ring (bicyclic) bond motifs is 1. The standard InChI is InChI=1S/C20H19N3O/c24-20(23-13-6-10-17-9-4-5-11-19(17)23)15-22-14-12-18(21-22)16-7-2-1-3-8-16/h1-5,7-9,11-12,14H,6,10,13,15H2. The molecule has 4 nitrogen and oxygen atoms in total. The zero-order valence-corrected chi connectivity index (χ0v) is 13.4. The van der Waals surface area contributed by atoms with Gasteiger partial charge in [-0.25, -0.2) is 0 Å². The van der Waals surface area contributed by atoms with E-state index in [1.807, 2.05) is 65.7 Å². The molecule has 1 aromatic heterocycles. The topological polar surface area (TPSA) is 38.1 Å². The van der Waals surface area contributed by atoms with Crippen LogP contribution < -0.4 is 4.90 Å². The fourth-order valence-corrected chi connectivity index (χ4v) is 3.23. The average molecular weight is 317 g/mol. The number of hydrogen-bond acceptors (Lipinski definition) is 2. The minimum absolute atomic E-state index is 0.0878. The van der Waals surface area contributed by atoms with Crippen LogP contribution in [0.25, 0.3) is 11.3 Å². The van der Waals surface area contributed by atoms with E-state index in [-0.39, 0.29) is 12.5 Å². The van der Waals surface area contributed by atoms with Crippen molar-refractivity contribution in [1.29, 1.82) is 0 Å². The molecular weight excluding hydrogens is 298 g/mol. The molecule has 1 aliphatic heterocycles. The molecule has 4 rings (SSSR count). The number of amides is 1. The van der Waals surface area contributed by atoms with Crippen molar-refractivity contribution in [2.45, 2.75) is 19.4 Å². The summed E-state index contributed by atoms with van der Waals surface area (Å²) in [6, 6.07) is 20.1. The van der Waals surface area contributed by atoms with Crippen molar-refractivity contribution in [3.63, 3.8) is 0 Å². The van der Waals surface area contributed by atoms with Crippen molar-refractivity contribution >= 4 is 11.6 Å². The Labute approximate surface area is 141 Å². The lowest BCUT2D eigenvalue weighted by Crippen LogP contribution is -2.37. The summed E-state index contributed by atoms with van der Waals surface area (Å²) in [6.45, 7) is 1.05. The number of benzene rings is 2. The van der Waals surface area contributed by atoms with Gasteiger partial charge >= 0.3 is 0 Å². The van der Waals surface area contributed by atoms with Crippen LogP contribution in [-0.4, -0.2) is 22.2 Å². The highest BCUT2D eigenvalue weighted by Crippen LogP contribution is 2.27. The first-order valence-electron chi connectivity index (χ1n) is 8.28. The molecule has 2 heterocycles. The summed E-state index contributed by atoms with van der Waals surface area (Å²) in [6.07, 6.45) is 3.92. The van der Waals surface area contributed by atoms with E-state index in [2.05, 4.69) is 11.2 Å². The van der Waals surface area contributed by atoms with Crippen molar-refractivity contribution in [2.75, 3.05) is 11.4 Å². The molecule has 4 heteroatoms. The van der Waals surface area contributed by atoms with Crippen molar-refractivity contribution in [1.82, 2.24) is 9.78 Å². The van der Waals surface area contributed by atoms with E-state index in [1.165, 1.54) is 5.56 Å². The molecule has 0 aliphatic carbocycles. The number of hydrogen-bond donors (Lipinski definition) is 0. The highest BCUT2D eigenvalue weighted by atomic mass is 16.2.